The number of amides is 1. The summed E-state index contributed by atoms with van der Waals surface area (Å²) in [5.74, 6) is 0.163. The first-order chi connectivity index (χ1) is 18.0. The van der Waals surface area contributed by atoms with Crippen LogP contribution in [0.2, 0.25) is 5.02 Å². The molecule has 3 heterocycles. The number of carbonyl (C=O) groups is 1. The number of fused-ring (bicyclic) bond motifs is 2. The van der Waals surface area contributed by atoms with Crippen molar-refractivity contribution in [1.29, 1.82) is 0 Å². The monoisotopic (exact) mass is 527 g/mol. The first kappa shape index (κ1) is 25.3. The number of carbonyl (C=O) groups excluding carboxylic acids is 1. The number of rotatable bonds is 8. The van der Waals surface area contributed by atoms with Crippen LogP contribution in [0.25, 0.3) is 10.9 Å². The summed E-state index contributed by atoms with van der Waals surface area (Å²) >= 11 is 5.92. The average Bonchev–Trinajstić information content (AvgIpc) is 3.30. The molecule has 2 aliphatic heterocycles. The van der Waals surface area contributed by atoms with Crippen LogP contribution < -0.4 is 15.4 Å². The molecule has 9 nitrogen and oxygen atoms in total. The van der Waals surface area contributed by atoms with E-state index in [0.717, 1.165) is 13.1 Å². The molecular formula is C26H27ClFN5O4. The zero-order chi connectivity index (χ0) is 25.8. The van der Waals surface area contributed by atoms with Crippen molar-refractivity contribution in [3.63, 3.8) is 0 Å². The van der Waals surface area contributed by atoms with Crippen LogP contribution in [0.15, 0.2) is 48.8 Å². The van der Waals surface area contributed by atoms with Gasteiger partial charge in [0.1, 0.15) is 23.7 Å². The maximum Gasteiger partial charge on any atom is 0.248 e. The zero-order valence-corrected chi connectivity index (χ0v) is 21.0. The van der Waals surface area contributed by atoms with Crippen LogP contribution in [0, 0.1) is 5.82 Å². The van der Waals surface area contributed by atoms with Gasteiger partial charge in [0.2, 0.25) is 5.91 Å². The molecule has 194 valence electrons. The Balaban J connectivity index is 1.32. The molecule has 0 radical (unpaired) electrons. The Hall–Kier alpha value is -3.31. The van der Waals surface area contributed by atoms with E-state index in [1.165, 1.54) is 24.5 Å². The smallest absolute Gasteiger partial charge is 0.248 e. The molecule has 1 aromatic heterocycles. The van der Waals surface area contributed by atoms with Crippen molar-refractivity contribution in [3.05, 3.63) is 59.7 Å². The lowest BCUT2D eigenvalue weighted by Crippen LogP contribution is -2.36. The fraction of sp³-hybridized carbons (Fsp3) is 0.346. The lowest BCUT2D eigenvalue weighted by atomic mass is 10.1. The van der Waals surface area contributed by atoms with E-state index in [1.54, 1.807) is 18.2 Å². The summed E-state index contributed by atoms with van der Waals surface area (Å²) in [6, 6.07) is 7.80. The summed E-state index contributed by atoms with van der Waals surface area (Å²) in [4.78, 5) is 23.6. The number of benzene rings is 2. The Kier molecular flexibility index (Phi) is 7.80. The third-order valence-corrected chi connectivity index (χ3v) is 6.44. The highest BCUT2D eigenvalue weighted by molar-refractivity contribution is 6.31. The van der Waals surface area contributed by atoms with E-state index in [1.807, 2.05) is 13.0 Å². The molecule has 0 aliphatic carbocycles. The van der Waals surface area contributed by atoms with Gasteiger partial charge in [-0.25, -0.2) is 14.4 Å². The molecule has 5 rings (SSSR count). The highest BCUT2D eigenvalue weighted by Crippen LogP contribution is 2.34. The highest BCUT2D eigenvalue weighted by atomic mass is 35.5. The van der Waals surface area contributed by atoms with E-state index in [4.69, 9.17) is 25.8 Å². The van der Waals surface area contributed by atoms with Crippen LogP contribution in [0.5, 0.6) is 5.75 Å². The van der Waals surface area contributed by atoms with Crippen LogP contribution in [0.4, 0.5) is 21.6 Å². The number of halogens is 2. The summed E-state index contributed by atoms with van der Waals surface area (Å²) in [6.45, 7) is 5.71. The van der Waals surface area contributed by atoms with Crippen molar-refractivity contribution in [3.8, 4) is 5.75 Å². The van der Waals surface area contributed by atoms with Gasteiger partial charge in [0.25, 0.3) is 0 Å². The molecule has 0 unspecified atom stereocenters. The Labute approximate surface area is 218 Å². The summed E-state index contributed by atoms with van der Waals surface area (Å²) in [7, 11) is 0. The van der Waals surface area contributed by atoms with Crippen LogP contribution >= 0.6 is 11.6 Å². The fourth-order valence-electron chi connectivity index (χ4n) is 4.44. The molecular weight excluding hydrogens is 501 g/mol. The Morgan fingerprint density at radius 3 is 2.73 bits per heavy atom. The van der Waals surface area contributed by atoms with Crippen molar-refractivity contribution in [2.75, 3.05) is 50.1 Å². The van der Waals surface area contributed by atoms with Gasteiger partial charge >= 0.3 is 0 Å². The van der Waals surface area contributed by atoms with Crippen molar-refractivity contribution in [1.82, 2.24) is 14.9 Å². The molecule has 2 aliphatic rings. The molecule has 0 bridgehead atoms. The maximum atomic E-state index is 13.6. The number of aromatic nitrogens is 2. The van der Waals surface area contributed by atoms with Gasteiger partial charge < -0.3 is 24.8 Å². The Morgan fingerprint density at radius 2 is 2.00 bits per heavy atom. The van der Waals surface area contributed by atoms with Gasteiger partial charge in [-0.1, -0.05) is 17.7 Å². The second kappa shape index (κ2) is 11.4. The topological polar surface area (TPSA) is 97.8 Å². The average molecular weight is 528 g/mol. The van der Waals surface area contributed by atoms with E-state index in [0.29, 0.717) is 60.2 Å². The summed E-state index contributed by atoms with van der Waals surface area (Å²) in [6.07, 6.45) is 4.93. The minimum atomic E-state index is -0.510. The predicted molar refractivity (Wildman–Crippen MR) is 139 cm³/mol. The predicted octanol–water partition coefficient (Wildman–Crippen LogP) is 4.16. The SMILES string of the molecule is CCOc1cc2ncnc(Nc3ccc(F)c(Cl)c3)c2cc1NC(=O)/C=C/CN1C[C@@H]2OCCO[C@@H]2C1. The molecule has 1 amide bonds. The van der Waals surface area contributed by atoms with Gasteiger partial charge in [-0.3, -0.25) is 9.69 Å². The number of hydrogen-bond acceptors (Lipinski definition) is 8. The lowest BCUT2D eigenvalue weighted by molar-refractivity contribution is -0.116. The van der Waals surface area contributed by atoms with Crippen molar-refractivity contribution >= 4 is 45.6 Å². The fourth-order valence-corrected chi connectivity index (χ4v) is 4.62. The quantitative estimate of drug-likeness (QED) is 0.421. The van der Waals surface area contributed by atoms with E-state index in [9.17, 15) is 9.18 Å². The summed E-state index contributed by atoms with van der Waals surface area (Å²) in [5.41, 5.74) is 1.65. The Morgan fingerprint density at radius 1 is 1.22 bits per heavy atom. The molecule has 3 aromatic rings. The standard InChI is InChI=1S/C26H27ClFN5O4/c1-2-35-22-12-20-17(26(30-15-29-20)31-16-5-6-19(28)18(27)10-16)11-21(22)32-25(34)4-3-7-33-13-23-24(14-33)37-9-8-36-23/h3-6,10-12,15,23-24H,2,7-9,13-14H2,1H3,(H,32,34)(H,29,30,31)/b4-3+/t23-,24+. The lowest BCUT2D eigenvalue weighted by Gasteiger charge is -2.24. The highest BCUT2D eigenvalue weighted by Gasteiger charge is 2.35. The van der Waals surface area contributed by atoms with Crippen molar-refractivity contribution in [2.24, 2.45) is 0 Å². The maximum absolute atomic E-state index is 13.6. The first-order valence-corrected chi connectivity index (χ1v) is 12.4. The van der Waals surface area contributed by atoms with Crippen LogP contribution in [0.3, 0.4) is 0 Å². The molecule has 2 N–H and O–H groups in total. The molecule has 2 fully saturated rings. The number of nitrogens with zero attached hydrogens (tertiary/aromatic N) is 3. The molecule has 0 saturated carbocycles. The van der Waals surface area contributed by atoms with Gasteiger partial charge in [0, 0.05) is 42.9 Å². The van der Waals surface area contributed by atoms with Gasteiger partial charge in [-0.15, -0.1) is 0 Å². The van der Waals surface area contributed by atoms with E-state index in [-0.39, 0.29) is 23.1 Å². The number of ether oxygens (including phenoxy) is 3. The van der Waals surface area contributed by atoms with E-state index < -0.39 is 5.82 Å². The van der Waals surface area contributed by atoms with Crippen LogP contribution in [-0.4, -0.2) is 72.4 Å². The zero-order valence-electron chi connectivity index (χ0n) is 20.2. The molecule has 11 heteroatoms. The van der Waals surface area contributed by atoms with Crippen molar-refractivity contribution in [2.45, 2.75) is 19.1 Å². The molecule has 37 heavy (non-hydrogen) atoms. The third-order valence-electron chi connectivity index (χ3n) is 6.15. The minimum absolute atomic E-state index is 0.00511. The largest absolute Gasteiger partial charge is 0.492 e. The van der Waals surface area contributed by atoms with Gasteiger partial charge in [0.05, 0.1) is 48.3 Å². The van der Waals surface area contributed by atoms with E-state index in [2.05, 4.69) is 25.5 Å². The van der Waals surface area contributed by atoms with Crippen LogP contribution in [-0.2, 0) is 14.3 Å². The molecule has 2 saturated heterocycles. The number of hydrogen-bond donors (Lipinski definition) is 2. The molecule has 2 aromatic carbocycles. The second-order valence-electron chi connectivity index (χ2n) is 8.70. The second-order valence-corrected chi connectivity index (χ2v) is 9.11. The van der Waals surface area contributed by atoms with Crippen LogP contribution in [0.1, 0.15) is 6.92 Å². The summed E-state index contributed by atoms with van der Waals surface area (Å²) < 4.78 is 30.8. The molecule has 0 spiro atoms. The third kappa shape index (κ3) is 5.99. The first-order valence-electron chi connectivity index (χ1n) is 12.1. The number of likely N-dealkylation sites (tertiary alicyclic amines) is 1. The number of anilines is 3. The normalized spacial score (nSPS) is 19.8. The van der Waals surface area contributed by atoms with Crippen molar-refractivity contribution < 1.29 is 23.4 Å². The number of nitrogens with one attached hydrogen (secondary N) is 2. The van der Waals surface area contributed by atoms with Gasteiger partial charge in [0.15, 0.2) is 0 Å². The minimum Gasteiger partial charge on any atom is -0.492 e. The van der Waals surface area contributed by atoms with E-state index >= 15 is 0 Å². The molecule has 2 atom stereocenters. The Bertz CT molecular complexity index is 1310. The van der Waals surface area contributed by atoms with Gasteiger partial charge in [-0.05, 0) is 31.2 Å². The summed E-state index contributed by atoms with van der Waals surface area (Å²) in [5, 5.41) is 6.67. The van der Waals surface area contributed by atoms with Gasteiger partial charge in [-0.2, -0.15) is 0 Å².